The second-order valence-corrected chi connectivity index (χ2v) is 4.54. The highest BCUT2D eigenvalue weighted by atomic mass is 16.6. The van der Waals surface area contributed by atoms with Crippen molar-refractivity contribution in [1.82, 2.24) is 14.2 Å². The standard InChI is InChI=1S/C11H13N3O6/c15-4-5-9(18)10(19)11(20-5)13-6-1-2-12-14(6)8(17)3-7(13)16/h1-3,5,9-11,15-16,18-19H,4H2/t5-,9-,10-,11-/m1/s1. The molecule has 0 aromatic carbocycles. The first kappa shape index (κ1) is 13.1. The van der Waals surface area contributed by atoms with Gasteiger partial charge in [-0.2, -0.15) is 9.61 Å². The molecule has 3 heterocycles. The van der Waals surface area contributed by atoms with Gasteiger partial charge in [0.05, 0.1) is 18.9 Å². The fourth-order valence-corrected chi connectivity index (χ4v) is 2.36. The number of ether oxygens (including phenoxy) is 1. The number of aliphatic hydroxyl groups is 3. The summed E-state index contributed by atoms with van der Waals surface area (Å²) in [7, 11) is 0. The van der Waals surface area contributed by atoms with E-state index in [4.69, 9.17) is 9.84 Å². The summed E-state index contributed by atoms with van der Waals surface area (Å²) in [4.78, 5) is 11.6. The molecule has 4 atom stereocenters. The summed E-state index contributed by atoms with van der Waals surface area (Å²) in [6, 6.07) is 2.38. The maximum atomic E-state index is 11.6. The number of aromatic nitrogens is 3. The van der Waals surface area contributed by atoms with Crippen LogP contribution in [0.3, 0.4) is 0 Å². The highest BCUT2D eigenvalue weighted by molar-refractivity contribution is 5.41. The molecule has 108 valence electrons. The molecule has 0 radical (unpaired) electrons. The van der Waals surface area contributed by atoms with Crippen molar-refractivity contribution in [2.24, 2.45) is 0 Å². The third-order valence-corrected chi connectivity index (χ3v) is 3.35. The molecule has 1 saturated heterocycles. The lowest BCUT2D eigenvalue weighted by Crippen LogP contribution is -2.33. The number of rotatable bonds is 2. The smallest absolute Gasteiger partial charge is 0.278 e. The Morgan fingerprint density at radius 2 is 2.10 bits per heavy atom. The van der Waals surface area contributed by atoms with E-state index in [2.05, 4.69) is 5.10 Å². The minimum absolute atomic E-state index is 0.199. The van der Waals surface area contributed by atoms with Gasteiger partial charge in [0.2, 0.25) is 0 Å². The lowest BCUT2D eigenvalue weighted by molar-refractivity contribution is -0.0539. The van der Waals surface area contributed by atoms with Crippen LogP contribution in [-0.2, 0) is 4.74 Å². The van der Waals surface area contributed by atoms with Gasteiger partial charge in [-0.25, -0.2) is 0 Å². The van der Waals surface area contributed by atoms with Crippen LogP contribution >= 0.6 is 0 Å². The highest BCUT2D eigenvalue weighted by Crippen LogP contribution is 2.32. The van der Waals surface area contributed by atoms with Gasteiger partial charge in [-0.15, -0.1) is 0 Å². The SMILES string of the molecule is O=c1cc(O)n([C@@H]2O[C@H](CO)[C@@H](O)[C@H]2O)c2ccnn12. The van der Waals surface area contributed by atoms with E-state index in [-0.39, 0.29) is 5.65 Å². The van der Waals surface area contributed by atoms with Gasteiger partial charge in [0, 0.05) is 6.07 Å². The van der Waals surface area contributed by atoms with Crippen molar-refractivity contribution < 1.29 is 25.2 Å². The van der Waals surface area contributed by atoms with Crippen LogP contribution < -0.4 is 5.56 Å². The van der Waals surface area contributed by atoms with Crippen molar-refractivity contribution in [2.75, 3.05) is 6.61 Å². The van der Waals surface area contributed by atoms with Crippen molar-refractivity contribution in [3.63, 3.8) is 0 Å². The van der Waals surface area contributed by atoms with Crippen LogP contribution in [0.2, 0.25) is 0 Å². The molecule has 4 N–H and O–H groups in total. The summed E-state index contributed by atoms with van der Waals surface area (Å²) in [6.07, 6.45) is -3.42. The molecule has 2 aromatic rings. The molecule has 0 amide bonds. The molecule has 1 fully saturated rings. The molecule has 0 saturated carbocycles. The second kappa shape index (κ2) is 4.56. The van der Waals surface area contributed by atoms with E-state index in [0.717, 1.165) is 15.1 Å². The van der Waals surface area contributed by atoms with Gasteiger partial charge in [0.25, 0.3) is 5.56 Å². The fraction of sp³-hybridized carbons (Fsp3) is 0.455. The minimum atomic E-state index is -1.36. The number of hydrogen-bond acceptors (Lipinski definition) is 7. The van der Waals surface area contributed by atoms with Crippen LogP contribution in [0, 0.1) is 0 Å². The first-order valence-electron chi connectivity index (χ1n) is 5.95. The van der Waals surface area contributed by atoms with Crippen molar-refractivity contribution in [3.05, 3.63) is 28.7 Å². The van der Waals surface area contributed by atoms with Crippen LogP contribution in [0.5, 0.6) is 5.88 Å². The summed E-state index contributed by atoms with van der Waals surface area (Å²) in [5.41, 5.74) is -0.338. The van der Waals surface area contributed by atoms with Gasteiger partial charge >= 0.3 is 0 Å². The normalized spacial score (nSPS) is 30.1. The van der Waals surface area contributed by atoms with E-state index in [1.54, 1.807) is 0 Å². The average Bonchev–Trinajstić information content (AvgIpc) is 2.99. The lowest BCUT2D eigenvalue weighted by Gasteiger charge is -2.20. The van der Waals surface area contributed by atoms with Crippen molar-refractivity contribution >= 4 is 5.65 Å². The third-order valence-electron chi connectivity index (χ3n) is 3.35. The third kappa shape index (κ3) is 1.72. The molecule has 0 bridgehead atoms. The molecule has 3 rings (SSSR count). The molecule has 20 heavy (non-hydrogen) atoms. The molecule has 9 nitrogen and oxygen atoms in total. The monoisotopic (exact) mass is 283 g/mol. The number of hydrogen-bond donors (Lipinski definition) is 4. The van der Waals surface area contributed by atoms with E-state index in [9.17, 15) is 20.1 Å². The number of aromatic hydroxyl groups is 1. The zero-order valence-electron chi connectivity index (χ0n) is 10.2. The van der Waals surface area contributed by atoms with E-state index >= 15 is 0 Å². The molecule has 0 unspecified atom stereocenters. The summed E-state index contributed by atoms with van der Waals surface area (Å²) in [5.74, 6) is -0.433. The second-order valence-electron chi connectivity index (χ2n) is 4.54. The molecular formula is C11H13N3O6. The predicted octanol–water partition coefficient (Wildman–Crippen LogP) is -2.19. The average molecular weight is 283 g/mol. The van der Waals surface area contributed by atoms with E-state index < -0.39 is 42.6 Å². The summed E-state index contributed by atoms with van der Waals surface area (Å²) >= 11 is 0. The van der Waals surface area contributed by atoms with Gasteiger partial charge in [0.15, 0.2) is 12.1 Å². The topological polar surface area (TPSA) is 129 Å². The quantitative estimate of drug-likeness (QED) is 0.492. The zero-order valence-corrected chi connectivity index (χ0v) is 10.2. The van der Waals surface area contributed by atoms with Crippen molar-refractivity contribution in [1.29, 1.82) is 0 Å². The van der Waals surface area contributed by atoms with Gasteiger partial charge in [-0.05, 0) is 0 Å². The lowest BCUT2D eigenvalue weighted by atomic mass is 10.1. The Morgan fingerprint density at radius 3 is 2.75 bits per heavy atom. The van der Waals surface area contributed by atoms with Crippen molar-refractivity contribution in [3.8, 4) is 5.88 Å². The molecular weight excluding hydrogens is 270 g/mol. The van der Waals surface area contributed by atoms with E-state index in [1.807, 2.05) is 0 Å². The molecule has 0 spiro atoms. The molecule has 1 aliphatic rings. The molecule has 0 aliphatic carbocycles. The Morgan fingerprint density at radius 1 is 1.35 bits per heavy atom. The van der Waals surface area contributed by atoms with Gasteiger partial charge in [-0.3, -0.25) is 9.36 Å². The van der Waals surface area contributed by atoms with Crippen LogP contribution in [-0.4, -0.2) is 59.5 Å². The van der Waals surface area contributed by atoms with Crippen LogP contribution in [0.4, 0.5) is 0 Å². The largest absolute Gasteiger partial charge is 0.494 e. The Kier molecular flexibility index (Phi) is 2.98. The van der Waals surface area contributed by atoms with Gasteiger partial charge in [0.1, 0.15) is 24.0 Å². The maximum Gasteiger partial charge on any atom is 0.278 e. The first-order valence-corrected chi connectivity index (χ1v) is 5.95. The Balaban J connectivity index is 2.16. The first-order chi connectivity index (χ1) is 9.54. The predicted molar refractivity (Wildman–Crippen MR) is 64.1 cm³/mol. The van der Waals surface area contributed by atoms with Gasteiger partial charge in [-0.1, -0.05) is 0 Å². The van der Waals surface area contributed by atoms with Crippen LogP contribution in [0.15, 0.2) is 23.1 Å². The van der Waals surface area contributed by atoms with Gasteiger partial charge < -0.3 is 25.2 Å². The minimum Gasteiger partial charge on any atom is -0.494 e. The summed E-state index contributed by atoms with van der Waals surface area (Å²) in [5, 5.41) is 42.5. The number of fused-ring (bicyclic) bond motifs is 1. The fourth-order valence-electron chi connectivity index (χ4n) is 2.36. The Labute approximate surface area is 111 Å². The number of aliphatic hydroxyl groups excluding tert-OH is 3. The van der Waals surface area contributed by atoms with E-state index in [1.165, 1.54) is 12.3 Å². The van der Waals surface area contributed by atoms with Crippen LogP contribution in [0.25, 0.3) is 5.65 Å². The highest BCUT2D eigenvalue weighted by Gasteiger charge is 2.44. The molecule has 9 heteroatoms. The summed E-state index contributed by atoms with van der Waals surface area (Å²) in [6.45, 7) is -0.481. The molecule has 1 aliphatic heterocycles. The Bertz CT molecular complexity index is 695. The van der Waals surface area contributed by atoms with E-state index in [0.29, 0.717) is 0 Å². The zero-order chi connectivity index (χ0) is 14.4. The van der Waals surface area contributed by atoms with Crippen LogP contribution in [0.1, 0.15) is 6.23 Å². The summed E-state index contributed by atoms with van der Waals surface area (Å²) < 4.78 is 7.49. The maximum absolute atomic E-state index is 11.6. The molecule has 2 aromatic heterocycles. The number of nitrogens with zero attached hydrogens (tertiary/aromatic N) is 3. The van der Waals surface area contributed by atoms with Crippen molar-refractivity contribution in [2.45, 2.75) is 24.5 Å². The Hall–Kier alpha value is -1.94.